The molecule has 3 aliphatic heterocycles. The molecule has 6 rings (SSSR count). The fraction of sp³-hybridized carbons (Fsp3) is 0.290. The minimum atomic E-state index is -0.926. The normalized spacial score (nSPS) is 20.3. The van der Waals surface area contributed by atoms with Crippen molar-refractivity contribution < 1.29 is 57.8 Å². The van der Waals surface area contributed by atoms with Crippen LogP contribution >= 0.6 is 0 Å². The number of ether oxygens (including phenoxy) is 6. The molecular weight excluding hydrogens is 595 g/mol. The third kappa shape index (κ3) is 6.37. The summed E-state index contributed by atoms with van der Waals surface area (Å²) >= 11 is 0. The first kappa shape index (κ1) is 29.8. The number of nitrogens with one attached hydrogen (secondary N) is 1. The monoisotopic (exact) mass is 624 g/mol. The largest absolute Gasteiger partial charge is 0.505 e. The van der Waals surface area contributed by atoms with Gasteiger partial charge in [-0.3, -0.25) is 4.79 Å². The Morgan fingerprint density at radius 3 is 2.64 bits per heavy atom. The SMILES string of the molecule is C/C(=C\c1ccc(O[C@H]2C[C@H](O)[C@@H](/C(C)=N/OCc3ccc4c(c3)OCO4)O2)cc1F)C(=O)Nc1c(O)cc2c(c1O)OCO2. The Kier molecular flexibility index (Phi) is 8.24. The van der Waals surface area contributed by atoms with Crippen molar-refractivity contribution in [3.63, 3.8) is 0 Å². The maximum Gasteiger partial charge on any atom is 0.251 e. The molecule has 0 bridgehead atoms. The van der Waals surface area contributed by atoms with Crippen molar-refractivity contribution in [2.75, 3.05) is 18.9 Å². The Balaban J connectivity index is 1.04. The number of phenols is 2. The molecule has 0 unspecified atom stereocenters. The van der Waals surface area contributed by atoms with Crippen LogP contribution in [0.1, 0.15) is 31.4 Å². The van der Waals surface area contributed by atoms with Gasteiger partial charge in [0.2, 0.25) is 25.6 Å². The van der Waals surface area contributed by atoms with E-state index in [0.29, 0.717) is 17.2 Å². The average molecular weight is 625 g/mol. The van der Waals surface area contributed by atoms with Crippen molar-refractivity contribution in [3.05, 3.63) is 65.0 Å². The summed E-state index contributed by atoms with van der Waals surface area (Å²) in [5.74, 6) is -0.730. The number of oxime groups is 1. The molecule has 1 amide bonds. The van der Waals surface area contributed by atoms with Crippen molar-refractivity contribution in [2.45, 2.75) is 45.4 Å². The summed E-state index contributed by atoms with van der Waals surface area (Å²) in [6.45, 7) is 3.30. The number of carbonyl (C=O) groups is 1. The number of fused-ring (bicyclic) bond motifs is 2. The predicted molar refractivity (Wildman–Crippen MR) is 155 cm³/mol. The highest BCUT2D eigenvalue weighted by Crippen LogP contribution is 2.49. The van der Waals surface area contributed by atoms with Crippen LogP contribution in [0.15, 0.2) is 53.2 Å². The van der Waals surface area contributed by atoms with Gasteiger partial charge in [0.05, 0.1) is 11.8 Å². The molecule has 0 aromatic heterocycles. The van der Waals surface area contributed by atoms with Gasteiger partial charge >= 0.3 is 0 Å². The van der Waals surface area contributed by atoms with E-state index in [0.717, 1.165) is 11.6 Å². The highest BCUT2D eigenvalue weighted by molar-refractivity contribution is 6.08. The molecular formula is C31H29FN2O11. The molecule has 0 radical (unpaired) electrons. The zero-order chi connectivity index (χ0) is 31.7. The van der Waals surface area contributed by atoms with E-state index < -0.39 is 41.7 Å². The second-order valence-corrected chi connectivity index (χ2v) is 10.4. The van der Waals surface area contributed by atoms with Crippen LogP contribution in [0.2, 0.25) is 0 Å². The highest BCUT2D eigenvalue weighted by atomic mass is 19.1. The van der Waals surface area contributed by atoms with Crippen LogP contribution in [0.4, 0.5) is 10.1 Å². The van der Waals surface area contributed by atoms with Crippen LogP contribution in [-0.2, 0) is 21.0 Å². The molecule has 3 aromatic rings. The quantitative estimate of drug-likeness (QED) is 0.117. The summed E-state index contributed by atoms with van der Waals surface area (Å²) < 4.78 is 47.5. The van der Waals surface area contributed by atoms with Crippen LogP contribution in [0.5, 0.6) is 40.2 Å². The number of anilines is 1. The van der Waals surface area contributed by atoms with Gasteiger partial charge in [0, 0.05) is 29.7 Å². The molecule has 14 heteroatoms. The molecule has 1 saturated heterocycles. The Bertz CT molecular complexity index is 1690. The summed E-state index contributed by atoms with van der Waals surface area (Å²) in [6.07, 6.45) is -1.18. The van der Waals surface area contributed by atoms with E-state index in [1.54, 1.807) is 19.1 Å². The van der Waals surface area contributed by atoms with Gasteiger partial charge in [-0.15, -0.1) is 0 Å². The topological polar surface area (TPSA) is 167 Å². The number of aliphatic hydroxyl groups is 1. The fourth-order valence-electron chi connectivity index (χ4n) is 4.87. The van der Waals surface area contributed by atoms with Crippen molar-refractivity contribution >= 4 is 23.4 Å². The average Bonchev–Trinajstić information content (AvgIpc) is 3.76. The van der Waals surface area contributed by atoms with Crippen LogP contribution in [0.3, 0.4) is 0 Å². The Labute approximate surface area is 255 Å². The van der Waals surface area contributed by atoms with Gasteiger partial charge in [-0.05, 0) is 49.8 Å². The molecule has 13 nitrogen and oxygen atoms in total. The number of halogens is 1. The number of aromatic hydroxyl groups is 2. The lowest BCUT2D eigenvalue weighted by molar-refractivity contribution is -0.112. The molecule has 3 aromatic carbocycles. The molecule has 3 aliphatic rings. The third-order valence-corrected chi connectivity index (χ3v) is 7.20. The molecule has 4 N–H and O–H groups in total. The zero-order valence-corrected chi connectivity index (χ0v) is 24.1. The first-order valence-corrected chi connectivity index (χ1v) is 13.8. The molecule has 1 fully saturated rings. The minimum absolute atomic E-state index is 0.00941. The Hall–Kier alpha value is -5.21. The first-order chi connectivity index (χ1) is 21.7. The van der Waals surface area contributed by atoms with Crippen LogP contribution < -0.4 is 29.0 Å². The van der Waals surface area contributed by atoms with Gasteiger partial charge in [-0.2, -0.15) is 0 Å². The maximum atomic E-state index is 15.0. The highest BCUT2D eigenvalue weighted by Gasteiger charge is 2.37. The number of amides is 1. The van der Waals surface area contributed by atoms with Gasteiger partial charge < -0.3 is 53.9 Å². The summed E-state index contributed by atoms with van der Waals surface area (Å²) in [6, 6.07) is 10.7. The number of nitrogens with zero attached hydrogens (tertiary/aromatic N) is 1. The van der Waals surface area contributed by atoms with Gasteiger partial charge in [0.15, 0.2) is 23.0 Å². The van der Waals surface area contributed by atoms with Crippen molar-refractivity contribution in [3.8, 4) is 40.2 Å². The van der Waals surface area contributed by atoms with Gasteiger partial charge in [0.25, 0.3) is 5.91 Å². The van der Waals surface area contributed by atoms with E-state index in [4.69, 9.17) is 33.3 Å². The van der Waals surface area contributed by atoms with E-state index in [1.807, 2.05) is 6.07 Å². The minimum Gasteiger partial charge on any atom is -0.505 e. The number of aliphatic hydroxyl groups excluding tert-OH is 1. The summed E-state index contributed by atoms with van der Waals surface area (Å²) in [5.41, 5.74) is 1.12. The second kappa shape index (κ2) is 12.4. The van der Waals surface area contributed by atoms with E-state index in [2.05, 4.69) is 10.5 Å². The van der Waals surface area contributed by atoms with Crippen molar-refractivity contribution in [1.82, 2.24) is 0 Å². The first-order valence-electron chi connectivity index (χ1n) is 13.8. The smallest absolute Gasteiger partial charge is 0.251 e. The number of rotatable bonds is 9. The molecule has 45 heavy (non-hydrogen) atoms. The fourth-order valence-corrected chi connectivity index (χ4v) is 4.87. The third-order valence-electron chi connectivity index (χ3n) is 7.20. The maximum absolute atomic E-state index is 15.0. The zero-order valence-electron chi connectivity index (χ0n) is 24.1. The lowest BCUT2D eigenvalue weighted by Gasteiger charge is -2.16. The molecule has 0 saturated carbocycles. The molecule has 3 heterocycles. The summed E-state index contributed by atoms with van der Waals surface area (Å²) in [4.78, 5) is 18.2. The lowest BCUT2D eigenvalue weighted by atomic mass is 10.1. The van der Waals surface area contributed by atoms with Crippen molar-refractivity contribution in [2.24, 2.45) is 5.16 Å². The van der Waals surface area contributed by atoms with Crippen LogP contribution in [-0.4, -0.2) is 59.0 Å². The number of carbonyl (C=O) groups excluding carboxylic acids is 1. The van der Waals surface area contributed by atoms with Crippen molar-refractivity contribution in [1.29, 1.82) is 0 Å². The molecule has 3 atom stereocenters. The van der Waals surface area contributed by atoms with Gasteiger partial charge in [-0.1, -0.05) is 11.2 Å². The Morgan fingerprint density at radius 1 is 1.04 bits per heavy atom. The van der Waals surface area contributed by atoms with E-state index >= 15 is 0 Å². The van der Waals surface area contributed by atoms with Gasteiger partial charge in [-0.25, -0.2) is 4.39 Å². The van der Waals surface area contributed by atoms with Gasteiger partial charge in [0.1, 0.15) is 35.7 Å². The van der Waals surface area contributed by atoms with E-state index in [-0.39, 0.29) is 60.7 Å². The Morgan fingerprint density at radius 2 is 1.82 bits per heavy atom. The summed E-state index contributed by atoms with van der Waals surface area (Å²) in [7, 11) is 0. The van der Waals surface area contributed by atoms with Crippen LogP contribution in [0.25, 0.3) is 6.08 Å². The molecule has 236 valence electrons. The molecule has 0 aliphatic carbocycles. The number of benzene rings is 3. The van der Waals surface area contributed by atoms with Crippen LogP contribution in [0, 0.1) is 5.82 Å². The predicted octanol–water partition coefficient (Wildman–Crippen LogP) is 4.18. The number of hydrogen-bond donors (Lipinski definition) is 4. The number of hydrogen-bond acceptors (Lipinski definition) is 12. The van der Waals surface area contributed by atoms with E-state index in [9.17, 15) is 24.5 Å². The van der Waals surface area contributed by atoms with E-state index in [1.165, 1.54) is 31.2 Å². The second-order valence-electron chi connectivity index (χ2n) is 10.4. The summed E-state index contributed by atoms with van der Waals surface area (Å²) in [5, 5.41) is 37.5. The standard InChI is InChI=1S/C31H29FN2O11/c1-15(31(38)33-27-21(35)10-25-30(28(27)37)42-14-41-25)7-18-4-5-19(9-20(18)32)44-26-11-22(36)29(45-26)16(2)34-43-12-17-3-6-23-24(8-17)40-13-39-23/h3-10,22,26,29,35-37H,11-14H2,1-2H3,(H,33,38)/b15-7+,34-16+/t22-,26+,29+/m0/s1. The molecule has 0 spiro atoms. The number of phenolic OH excluding ortho intramolecular Hbond substituents is 2. The lowest BCUT2D eigenvalue weighted by Crippen LogP contribution is -2.29.